The average molecular weight is 671 g/mol. The number of carbonyl (C=O) groups is 2. The molecule has 11 heteroatoms. The van der Waals surface area contributed by atoms with Crippen molar-refractivity contribution in [3.63, 3.8) is 0 Å². The fourth-order valence-corrected chi connectivity index (χ4v) is 6.61. The van der Waals surface area contributed by atoms with Gasteiger partial charge in [-0.2, -0.15) is 0 Å². The van der Waals surface area contributed by atoms with Crippen LogP contribution in [0.5, 0.6) is 0 Å². The number of carbonyl (C=O) groups excluding carboxylic acids is 2. The molecule has 4 rings (SSSR count). The topological polar surface area (TPSA) is 86.8 Å². The van der Waals surface area contributed by atoms with E-state index in [1.165, 1.54) is 35.2 Å². The highest BCUT2D eigenvalue weighted by Crippen LogP contribution is 2.27. The first-order valence-electron chi connectivity index (χ1n) is 14.4. The molecule has 2 amide bonds. The minimum atomic E-state index is -4.30. The number of nitrogens with zero attached hydrogens (tertiary/aromatic N) is 2. The number of nitrogens with one attached hydrogen (secondary N) is 1. The van der Waals surface area contributed by atoms with Crippen molar-refractivity contribution in [2.24, 2.45) is 0 Å². The zero-order chi connectivity index (χ0) is 32.6. The summed E-state index contributed by atoms with van der Waals surface area (Å²) in [5, 5.41) is 3.58. The molecule has 0 bridgehead atoms. The van der Waals surface area contributed by atoms with E-state index in [0.717, 1.165) is 27.6 Å². The number of hydrogen-bond acceptors (Lipinski definition) is 4. The van der Waals surface area contributed by atoms with Gasteiger partial charge in [0.25, 0.3) is 10.0 Å². The van der Waals surface area contributed by atoms with Crippen LogP contribution in [0.4, 0.5) is 10.1 Å². The molecule has 0 aliphatic rings. The third-order valence-corrected chi connectivity index (χ3v) is 9.55. The minimum absolute atomic E-state index is 0.0426. The maximum Gasteiger partial charge on any atom is 0.264 e. The van der Waals surface area contributed by atoms with E-state index in [9.17, 15) is 22.4 Å². The van der Waals surface area contributed by atoms with E-state index in [-0.39, 0.29) is 28.6 Å². The molecule has 4 aromatic rings. The van der Waals surface area contributed by atoms with Crippen LogP contribution in [0.15, 0.2) is 102 Å². The van der Waals surface area contributed by atoms with Crippen molar-refractivity contribution in [1.29, 1.82) is 0 Å². The Morgan fingerprint density at radius 1 is 0.911 bits per heavy atom. The van der Waals surface area contributed by atoms with Gasteiger partial charge < -0.3 is 10.2 Å². The van der Waals surface area contributed by atoms with E-state index >= 15 is 0 Å². The summed E-state index contributed by atoms with van der Waals surface area (Å²) in [4.78, 5) is 29.4. The highest BCUT2D eigenvalue weighted by atomic mass is 35.5. The zero-order valence-electron chi connectivity index (χ0n) is 24.9. The molecule has 0 aliphatic carbocycles. The van der Waals surface area contributed by atoms with Crippen molar-refractivity contribution < 1.29 is 22.4 Å². The molecule has 0 spiro atoms. The van der Waals surface area contributed by atoms with E-state index in [0.29, 0.717) is 23.6 Å². The van der Waals surface area contributed by atoms with Gasteiger partial charge in [0.15, 0.2) is 0 Å². The molecule has 0 fully saturated rings. The monoisotopic (exact) mass is 669 g/mol. The number of sulfonamides is 1. The maximum absolute atomic E-state index is 14.4. The first-order valence-corrected chi connectivity index (χ1v) is 16.6. The van der Waals surface area contributed by atoms with Gasteiger partial charge in [0, 0.05) is 29.6 Å². The molecular weight excluding hydrogens is 636 g/mol. The van der Waals surface area contributed by atoms with Crippen molar-refractivity contribution in [1.82, 2.24) is 10.2 Å². The van der Waals surface area contributed by atoms with Crippen LogP contribution < -0.4 is 9.62 Å². The molecule has 0 aromatic heterocycles. The van der Waals surface area contributed by atoms with Crippen molar-refractivity contribution in [3.05, 3.63) is 130 Å². The molecule has 45 heavy (non-hydrogen) atoms. The second-order valence-corrected chi connectivity index (χ2v) is 13.3. The molecule has 236 valence electrons. The quantitative estimate of drug-likeness (QED) is 0.170. The molecule has 0 unspecified atom stereocenters. The number of amides is 2. The lowest BCUT2D eigenvalue weighted by atomic mass is 10.0. The first-order chi connectivity index (χ1) is 21.5. The number of hydrogen-bond donors (Lipinski definition) is 1. The van der Waals surface area contributed by atoms with Crippen molar-refractivity contribution in [2.75, 3.05) is 17.4 Å². The molecule has 4 aromatic carbocycles. The van der Waals surface area contributed by atoms with Gasteiger partial charge in [-0.3, -0.25) is 13.9 Å². The average Bonchev–Trinajstić information content (AvgIpc) is 3.02. The van der Waals surface area contributed by atoms with Gasteiger partial charge in [0.05, 0.1) is 10.6 Å². The van der Waals surface area contributed by atoms with Crippen LogP contribution in [0.2, 0.25) is 10.0 Å². The summed E-state index contributed by atoms with van der Waals surface area (Å²) in [7, 11) is -4.30. The smallest absolute Gasteiger partial charge is 0.264 e. The molecular formula is C34H34Cl2FN3O4S. The number of anilines is 1. The Labute approximate surface area is 273 Å². The van der Waals surface area contributed by atoms with Gasteiger partial charge in [-0.05, 0) is 73.0 Å². The molecule has 0 saturated heterocycles. The molecule has 0 aliphatic heterocycles. The van der Waals surface area contributed by atoms with E-state index in [2.05, 4.69) is 5.32 Å². The fraction of sp³-hybridized carbons (Fsp3) is 0.235. The van der Waals surface area contributed by atoms with Crippen molar-refractivity contribution in [2.45, 2.75) is 44.2 Å². The molecule has 0 radical (unpaired) electrons. The molecule has 0 heterocycles. The van der Waals surface area contributed by atoms with Crippen molar-refractivity contribution in [3.8, 4) is 0 Å². The van der Waals surface area contributed by atoms with Gasteiger partial charge in [-0.25, -0.2) is 12.8 Å². The predicted molar refractivity (Wildman–Crippen MR) is 176 cm³/mol. The SMILES string of the molecule is CCCNC(=O)[C@@H](Cc1ccccc1)N(Cc1ccc(Cl)cc1Cl)C(=O)CN(c1ccc(F)cc1)S(=O)(=O)c1ccc(C)cc1. The Balaban J connectivity index is 1.81. The lowest BCUT2D eigenvalue weighted by Crippen LogP contribution is -2.53. The number of aryl methyl sites for hydroxylation is 1. The van der Waals surface area contributed by atoms with E-state index in [1.54, 1.807) is 24.3 Å². The molecule has 7 nitrogen and oxygen atoms in total. The standard InChI is InChI=1S/C34H34Cl2FN3O4S/c1-3-19-38-34(42)32(20-25-7-5-4-6-8-25)39(22-26-11-12-27(35)21-31(26)36)33(41)23-40(29-15-13-28(37)14-16-29)45(43,44)30-17-9-24(2)10-18-30/h4-18,21,32H,3,19-20,22-23H2,1-2H3,(H,38,42)/t32-/m1/s1. The highest BCUT2D eigenvalue weighted by Gasteiger charge is 2.35. The van der Waals surface area contributed by atoms with E-state index < -0.39 is 40.2 Å². The summed E-state index contributed by atoms with van der Waals surface area (Å²) < 4.78 is 42.9. The van der Waals surface area contributed by atoms with Gasteiger partial charge in [-0.15, -0.1) is 0 Å². The zero-order valence-corrected chi connectivity index (χ0v) is 27.2. The number of halogens is 3. The largest absolute Gasteiger partial charge is 0.354 e. The number of rotatable bonds is 13. The van der Waals surface area contributed by atoms with Gasteiger partial charge >= 0.3 is 0 Å². The number of benzene rings is 4. The van der Waals surface area contributed by atoms with Gasteiger partial charge in [0.2, 0.25) is 11.8 Å². The summed E-state index contributed by atoms with van der Waals surface area (Å²) in [5.41, 5.74) is 2.26. The second-order valence-electron chi connectivity index (χ2n) is 10.6. The maximum atomic E-state index is 14.4. The molecule has 0 saturated carbocycles. The van der Waals surface area contributed by atoms with Crippen LogP contribution in [0.1, 0.15) is 30.0 Å². The van der Waals surface area contributed by atoms with Crippen LogP contribution in [0, 0.1) is 12.7 Å². The van der Waals surface area contributed by atoms with Crippen LogP contribution in [0.25, 0.3) is 0 Å². The van der Waals surface area contributed by atoms with E-state index in [4.69, 9.17) is 23.2 Å². The third-order valence-electron chi connectivity index (χ3n) is 7.18. The lowest BCUT2D eigenvalue weighted by molar-refractivity contribution is -0.140. The molecule has 1 N–H and O–H groups in total. The summed E-state index contributed by atoms with van der Waals surface area (Å²) in [5.74, 6) is -1.62. The molecule has 1 atom stereocenters. The Morgan fingerprint density at radius 2 is 1.58 bits per heavy atom. The predicted octanol–water partition coefficient (Wildman–Crippen LogP) is 6.80. The van der Waals surface area contributed by atoms with Crippen molar-refractivity contribution >= 4 is 50.7 Å². The van der Waals surface area contributed by atoms with E-state index in [1.807, 2.05) is 44.2 Å². The Morgan fingerprint density at radius 3 is 2.20 bits per heavy atom. The van der Waals surface area contributed by atoms with Gasteiger partial charge in [-0.1, -0.05) is 84.2 Å². The van der Waals surface area contributed by atoms with Crippen LogP contribution in [-0.2, 0) is 32.6 Å². The van der Waals surface area contributed by atoms with Crippen LogP contribution in [0.3, 0.4) is 0 Å². The van der Waals surface area contributed by atoms with Crippen LogP contribution in [-0.4, -0.2) is 44.3 Å². The summed E-state index contributed by atoms with van der Waals surface area (Å²) in [6.07, 6.45) is 0.836. The summed E-state index contributed by atoms with van der Waals surface area (Å²) in [6, 6.07) is 24.1. The Bertz CT molecular complexity index is 1720. The summed E-state index contributed by atoms with van der Waals surface area (Å²) in [6.45, 7) is 3.36. The van der Waals surface area contributed by atoms with Gasteiger partial charge in [0.1, 0.15) is 18.4 Å². The Hall–Kier alpha value is -3.92. The lowest BCUT2D eigenvalue weighted by Gasteiger charge is -2.34. The summed E-state index contributed by atoms with van der Waals surface area (Å²) >= 11 is 12.7. The third kappa shape index (κ3) is 8.84. The highest BCUT2D eigenvalue weighted by molar-refractivity contribution is 7.92. The second kappa shape index (κ2) is 15.4. The minimum Gasteiger partial charge on any atom is -0.354 e. The first kappa shape index (κ1) is 34.0. The fourth-order valence-electron chi connectivity index (χ4n) is 4.73. The normalized spacial score (nSPS) is 11.9. The Kier molecular flexibility index (Phi) is 11.6. The van der Waals surface area contributed by atoms with Crippen LogP contribution >= 0.6 is 23.2 Å².